The van der Waals surface area contributed by atoms with Crippen LogP contribution in [0.5, 0.6) is 0 Å². The lowest BCUT2D eigenvalue weighted by Gasteiger charge is -2.06. The number of carboxylic acid groups (broad SMARTS) is 1. The van der Waals surface area contributed by atoms with E-state index >= 15 is 0 Å². The zero-order valence-corrected chi connectivity index (χ0v) is 9.97. The lowest BCUT2D eigenvalue weighted by atomic mass is 10.0. The molecule has 0 aliphatic rings. The molecule has 0 saturated carbocycles. The van der Waals surface area contributed by atoms with E-state index < -0.39 is 16.5 Å². The Morgan fingerprint density at radius 1 is 1.42 bits per heavy atom. The second kappa shape index (κ2) is 4.52. The molecule has 0 fully saturated rings. The fraction of sp³-hybridized carbons (Fsp3) is 0.167. The largest absolute Gasteiger partial charge is 0.478 e. The number of aromatic carboxylic acids is 1. The minimum Gasteiger partial charge on any atom is -0.478 e. The molecule has 2 rings (SSSR count). The van der Waals surface area contributed by atoms with Gasteiger partial charge in [0.1, 0.15) is 0 Å². The van der Waals surface area contributed by atoms with Crippen molar-refractivity contribution < 1.29 is 14.8 Å². The number of hydrogen-bond acceptors (Lipinski definition) is 4. The summed E-state index contributed by atoms with van der Waals surface area (Å²) in [5.41, 5.74) is -0.119. The number of hydrogen-bond donors (Lipinski definition) is 2. The van der Waals surface area contributed by atoms with Crippen LogP contribution in [0.4, 0.5) is 5.69 Å². The molecule has 0 saturated heterocycles. The zero-order chi connectivity index (χ0) is 14.2. The first kappa shape index (κ1) is 12.7. The Balaban J connectivity index is 2.97. The summed E-state index contributed by atoms with van der Waals surface area (Å²) < 4.78 is 0. The van der Waals surface area contributed by atoms with Gasteiger partial charge in [-0.25, -0.2) is 4.79 Å². The number of nitro groups is 1. The topological polar surface area (TPSA) is 113 Å². The molecule has 0 aliphatic heterocycles. The van der Waals surface area contributed by atoms with Gasteiger partial charge in [-0.15, -0.1) is 0 Å². The van der Waals surface area contributed by atoms with Gasteiger partial charge in [0.2, 0.25) is 5.56 Å². The fourth-order valence-corrected chi connectivity index (χ4v) is 1.97. The van der Waals surface area contributed by atoms with Gasteiger partial charge in [0.15, 0.2) is 0 Å². The van der Waals surface area contributed by atoms with Crippen LogP contribution in [0.15, 0.2) is 23.0 Å². The number of nitro benzene ring substituents is 1. The molecule has 0 radical (unpaired) electrons. The number of benzene rings is 1. The third kappa shape index (κ3) is 2.17. The number of rotatable bonds is 3. The van der Waals surface area contributed by atoms with Crippen molar-refractivity contribution in [2.24, 2.45) is 0 Å². The van der Waals surface area contributed by atoms with Crippen LogP contribution in [0.3, 0.4) is 0 Å². The van der Waals surface area contributed by atoms with Crippen LogP contribution in [-0.4, -0.2) is 21.0 Å². The highest BCUT2D eigenvalue weighted by molar-refractivity contribution is 6.03. The van der Waals surface area contributed by atoms with E-state index in [0.29, 0.717) is 17.5 Å². The maximum atomic E-state index is 11.4. The number of pyridine rings is 1. The van der Waals surface area contributed by atoms with E-state index in [-0.39, 0.29) is 16.6 Å². The van der Waals surface area contributed by atoms with Crippen LogP contribution in [0.2, 0.25) is 0 Å². The van der Waals surface area contributed by atoms with Gasteiger partial charge in [-0.2, -0.15) is 0 Å². The average molecular weight is 262 g/mol. The first-order valence-corrected chi connectivity index (χ1v) is 5.51. The summed E-state index contributed by atoms with van der Waals surface area (Å²) in [6, 6.07) is 3.42. The van der Waals surface area contributed by atoms with Gasteiger partial charge in [-0.05, 0) is 12.0 Å². The maximum absolute atomic E-state index is 11.4. The number of nitrogens with one attached hydrogen (secondary N) is 1. The molecule has 1 aromatic heterocycles. The predicted molar refractivity (Wildman–Crippen MR) is 67.6 cm³/mol. The summed E-state index contributed by atoms with van der Waals surface area (Å²) in [5, 5.41) is 20.1. The molecule has 1 aromatic carbocycles. The smallest absolute Gasteiger partial charge is 0.336 e. The van der Waals surface area contributed by atoms with E-state index in [9.17, 15) is 19.7 Å². The molecule has 0 spiro atoms. The third-order valence-electron chi connectivity index (χ3n) is 2.84. The van der Waals surface area contributed by atoms with E-state index in [1.54, 1.807) is 6.92 Å². The second-order valence-electron chi connectivity index (χ2n) is 3.99. The summed E-state index contributed by atoms with van der Waals surface area (Å²) >= 11 is 0. The molecule has 2 N–H and O–H groups in total. The summed E-state index contributed by atoms with van der Waals surface area (Å²) in [4.78, 5) is 35.4. The van der Waals surface area contributed by atoms with Gasteiger partial charge in [-0.1, -0.05) is 6.92 Å². The Bertz CT molecular complexity index is 748. The quantitative estimate of drug-likeness (QED) is 0.645. The van der Waals surface area contributed by atoms with Gasteiger partial charge in [0.05, 0.1) is 16.0 Å². The monoisotopic (exact) mass is 262 g/mol. The normalized spacial score (nSPS) is 10.6. The number of H-pyrrole nitrogens is 1. The van der Waals surface area contributed by atoms with Crippen LogP contribution < -0.4 is 5.56 Å². The van der Waals surface area contributed by atoms with Crippen molar-refractivity contribution in [1.82, 2.24) is 4.98 Å². The van der Waals surface area contributed by atoms with Crippen LogP contribution in [0, 0.1) is 10.1 Å². The van der Waals surface area contributed by atoms with Crippen molar-refractivity contribution in [3.05, 3.63) is 49.8 Å². The second-order valence-corrected chi connectivity index (χ2v) is 3.99. The summed E-state index contributed by atoms with van der Waals surface area (Å²) in [5.74, 6) is -1.29. The van der Waals surface area contributed by atoms with E-state index in [4.69, 9.17) is 5.11 Å². The number of carbonyl (C=O) groups is 1. The van der Waals surface area contributed by atoms with E-state index in [2.05, 4.69) is 4.98 Å². The molecule has 0 aliphatic carbocycles. The summed E-state index contributed by atoms with van der Waals surface area (Å²) in [6.45, 7) is 1.77. The van der Waals surface area contributed by atoms with E-state index in [0.717, 1.165) is 12.1 Å². The Morgan fingerprint density at radius 3 is 2.63 bits per heavy atom. The van der Waals surface area contributed by atoms with E-state index in [1.165, 1.54) is 6.07 Å². The number of nitrogens with zero attached hydrogens (tertiary/aromatic N) is 1. The average Bonchev–Trinajstić information content (AvgIpc) is 2.36. The standard InChI is InChI=1S/C12H10N2O5/c1-2-6-3-7(14(18)19)4-8-9(12(16)17)5-10(15)13-11(6)8/h3-5H,2H2,1H3,(H,13,15)(H,16,17). The highest BCUT2D eigenvalue weighted by atomic mass is 16.6. The minimum absolute atomic E-state index is 0.165. The molecule has 7 heteroatoms. The Labute approximate surface area is 106 Å². The highest BCUT2D eigenvalue weighted by Crippen LogP contribution is 2.26. The molecule has 98 valence electrons. The van der Waals surface area contributed by atoms with Gasteiger partial charge in [-0.3, -0.25) is 14.9 Å². The SMILES string of the molecule is CCc1cc([N+](=O)[O-])cc2c(C(=O)O)cc(=O)[nH]c12. The molecule has 2 aromatic rings. The molecule has 7 nitrogen and oxygen atoms in total. The number of fused-ring (bicyclic) bond motifs is 1. The summed E-state index contributed by atoms with van der Waals surface area (Å²) in [7, 11) is 0. The van der Waals surface area contributed by atoms with Gasteiger partial charge in [0.25, 0.3) is 5.69 Å². The molecular weight excluding hydrogens is 252 g/mol. The Kier molecular flexibility index (Phi) is 3.04. The minimum atomic E-state index is -1.29. The van der Waals surface area contributed by atoms with Gasteiger partial charge in [0, 0.05) is 23.6 Å². The lowest BCUT2D eigenvalue weighted by molar-refractivity contribution is -0.384. The number of aromatic nitrogens is 1. The molecule has 1 heterocycles. The fourth-order valence-electron chi connectivity index (χ4n) is 1.97. The van der Waals surface area contributed by atoms with Crippen LogP contribution in [0.25, 0.3) is 10.9 Å². The zero-order valence-electron chi connectivity index (χ0n) is 9.97. The van der Waals surface area contributed by atoms with E-state index in [1.807, 2.05) is 0 Å². The maximum Gasteiger partial charge on any atom is 0.336 e. The molecule has 0 amide bonds. The lowest BCUT2D eigenvalue weighted by Crippen LogP contribution is -2.11. The van der Waals surface area contributed by atoms with Crippen molar-refractivity contribution in [3.8, 4) is 0 Å². The third-order valence-corrected chi connectivity index (χ3v) is 2.84. The van der Waals surface area contributed by atoms with Crippen molar-refractivity contribution >= 4 is 22.6 Å². The predicted octanol–water partition coefficient (Wildman–Crippen LogP) is 1.70. The summed E-state index contributed by atoms with van der Waals surface area (Å²) in [6.07, 6.45) is 0.442. The van der Waals surface area contributed by atoms with Crippen molar-refractivity contribution in [2.75, 3.05) is 0 Å². The van der Waals surface area contributed by atoms with Gasteiger partial charge >= 0.3 is 5.97 Å². The first-order chi connectivity index (χ1) is 8.93. The van der Waals surface area contributed by atoms with Crippen LogP contribution in [0.1, 0.15) is 22.8 Å². The number of non-ortho nitro benzene ring substituents is 1. The van der Waals surface area contributed by atoms with Crippen molar-refractivity contribution in [1.29, 1.82) is 0 Å². The van der Waals surface area contributed by atoms with Crippen molar-refractivity contribution in [2.45, 2.75) is 13.3 Å². The number of carboxylic acids is 1. The highest BCUT2D eigenvalue weighted by Gasteiger charge is 2.17. The molecular formula is C12H10N2O5. The van der Waals surface area contributed by atoms with Crippen molar-refractivity contribution in [3.63, 3.8) is 0 Å². The van der Waals surface area contributed by atoms with Crippen LogP contribution in [-0.2, 0) is 6.42 Å². The molecule has 0 atom stereocenters. The van der Waals surface area contributed by atoms with Gasteiger partial charge < -0.3 is 10.1 Å². The Morgan fingerprint density at radius 2 is 2.11 bits per heavy atom. The van der Waals surface area contributed by atoms with Crippen LogP contribution >= 0.6 is 0 Å². The number of aryl methyl sites for hydroxylation is 1. The first-order valence-electron chi connectivity index (χ1n) is 5.51. The molecule has 0 bridgehead atoms. The number of aromatic amines is 1. The molecule has 0 unspecified atom stereocenters. The Hall–Kier alpha value is -2.70. The molecule has 19 heavy (non-hydrogen) atoms.